The Labute approximate surface area is 69.6 Å². The average molecular weight is 167 g/mol. The zero-order valence-electron chi connectivity index (χ0n) is 6.58. The summed E-state index contributed by atoms with van der Waals surface area (Å²) in [5.41, 5.74) is -2.30. The second-order valence-electron chi connectivity index (χ2n) is 2.66. The molecule has 0 spiro atoms. The highest BCUT2D eigenvalue weighted by molar-refractivity contribution is 5.76. The lowest BCUT2D eigenvalue weighted by Gasteiger charge is -2.21. The fourth-order valence-electron chi connectivity index (χ4n) is 0.869. The highest BCUT2D eigenvalue weighted by Gasteiger charge is 2.26. The molecule has 64 valence electrons. The second-order valence-corrected chi connectivity index (χ2v) is 2.66. The van der Waals surface area contributed by atoms with Gasteiger partial charge in [-0.1, -0.05) is 30.3 Å². The number of carboxylic acid groups (broad SMARTS) is 1. The predicted molar refractivity (Wildman–Crippen MR) is 39.9 cm³/mol. The van der Waals surface area contributed by atoms with Crippen molar-refractivity contribution in [3.8, 4) is 0 Å². The van der Waals surface area contributed by atoms with Crippen LogP contribution in [-0.2, 0) is 10.5 Å². The maximum Gasteiger partial charge on any atom is 0.172 e. The summed E-state index contributed by atoms with van der Waals surface area (Å²) in [4.78, 5) is 10.3. The number of hydrogen-bond donors (Lipinski definition) is 0. The van der Waals surface area contributed by atoms with Gasteiger partial charge in [0, 0.05) is 0 Å². The van der Waals surface area contributed by atoms with Gasteiger partial charge in [0.25, 0.3) is 0 Å². The molecule has 0 aliphatic carbocycles. The summed E-state index contributed by atoms with van der Waals surface area (Å²) in [6, 6.07) is 7.67. The van der Waals surface area contributed by atoms with Gasteiger partial charge in [0.05, 0.1) is 5.97 Å². The molecule has 0 radical (unpaired) electrons. The lowest BCUT2D eigenvalue weighted by molar-refractivity contribution is -0.319. The second kappa shape index (κ2) is 2.93. The largest absolute Gasteiger partial charge is 0.546 e. The molecule has 0 heterocycles. The Hall–Kier alpha value is -1.38. The molecule has 2 nitrogen and oxygen atoms in total. The van der Waals surface area contributed by atoms with Crippen LogP contribution in [0, 0.1) is 0 Å². The molecule has 0 saturated heterocycles. The third-order valence-electron chi connectivity index (χ3n) is 1.70. The van der Waals surface area contributed by atoms with E-state index in [4.69, 9.17) is 0 Å². The normalized spacial score (nSPS) is 15.2. The van der Waals surface area contributed by atoms with Crippen molar-refractivity contribution in [2.75, 3.05) is 0 Å². The minimum atomic E-state index is -2.40. The Morgan fingerprint density at radius 3 is 2.33 bits per heavy atom. The zero-order chi connectivity index (χ0) is 9.19. The van der Waals surface area contributed by atoms with Crippen LogP contribution in [0.2, 0.25) is 0 Å². The van der Waals surface area contributed by atoms with Crippen LogP contribution in [0.4, 0.5) is 4.39 Å². The molecule has 1 rings (SSSR count). The van der Waals surface area contributed by atoms with E-state index in [2.05, 4.69) is 0 Å². The number of benzene rings is 1. The third kappa shape index (κ3) is 1.44. The molecule has 1 atom stereocenters. The van der Waals surface area contributed by atoms with Crippen molar-refractivity contribution in [1.82, 2.24) is 0 Å². The maximum atomic E-state index is 13.3. The van der Waals surface area contributed by atoms with E-state index < -0.39 is 11.6 Å². The first-order chi connectivity index (χ1) is 5.55. The number of rotatable bonds is 2. The molecule has 0 aliphatic rings. The molecule has 0 aromatic heterocycles. The fourth-order valence-corrected chi connectivity index (χ4v) is 0.869. The summed E-state index contributed by atoms with van der Waals surface area (Å²) >= 11 is 0. The van der Waals surface area contributed by atoms with Gasteiger partial charge >= 0.3 is 0 Å². The van der Waals surface area contributed by atoms with Crippen LogP contribution >= 0.6 is 0 Å². The van der Waals surface area contributed by atoms with Crippen molar-refractivity contribution in [1.29, 1.82) is 0 Å². The average Bonchev–Trinajstić information content (AvgIpc) is 2.06. The monoisotopic (exact) mass is 167 g/mol. The van der Waals surface area contributed by atoms with E-state index >= 15 is 0 Å². The van der Waals surface area contributed by atoms with E-state index in [-0.39, 0.29) is 5.56 Å². The Morgan fingerprint density at radius 2 is 1.92 bits per heavy atom. The quantitative estimate of drug-likeness (QED) is 0.647. The number of carbonyl (C=O) groups excluding carboxylic acids is 1. The molecule has 0 fully saturated rings. The predicted octanol–water partition coefficient (Wildman–Crippen LogP) is 0.621. The van der Waals surface area contributed by atoms with Crippen LogP contribution in [-0.4, -0.2) is 5.97 Å². The number of halogens is 1. The first kappa shape index (κ1) is 8.71. The molecule has 0 saturated carbocycles. The van der Waals surface area contributed by atoms with E-state index in [1.165, 1.54) is 12.1 Å². The number of aliphatic carboxylic acids is 1. The Kier molecular flexibility index (Phi) is 2.13. The highest BCUT2D eigenvalue weighted by Crippen LogP contribution is 2.23. The van der Waals surface area contributed by atoms with Crippen LogP contribution in [0.5, 0.6) is 0 Å². The first-order valence-electron chi connectivity index (χ1n) is 3.51. The van der Waals surface area contributed by atoms with Gasteiger partial charge in [-0.15, -0.1) is 0 Å². The van der Waals surface area contributed by atoms with E-state index in [1.807, 2.05) is 0 Å². The highest BCUT2D eigenvalue weighted by atomic mass is 19.1. The molecule has 12 heavy (non-hydrogen) atoms. The summed E-state index contributed by atoms with van der Waals surface area (Å²) in [5.74, 6) is -1.71. The van der Waals surface area contributed by atoms with Crippen molar-refractivity contribution < 1.29 is 14.3 Å². The maximum absolute atomic E-state index is 13.3. The third-order valence-corrected chi connectivity index (χ3v) is 1.70. The van der Waals surface area contributed by atoms with Gasteiger partial charge in [0.15, 0.2) is 5.67 Å². The summed E-state index contributed by atoms with van der Waals surface area (Å²) in [7, 11) is 0. The molecule has 0 amide bonds. The first-order valence-corrected chi connectivity index (χ1v) is 3.51. The van der Waals surface area contributed by atoms with Crippen LogP contribution in [0.15, 0.2) is 30.3 Å². The number of carbonyl (C=O) groups is 1. The van der Waals surface area contributed by atoms with Crippen molar-refractivity contribution >= 4 is 5.97 Å². The SMILES string of the molecule is CC(F)(C(=O)[O-])c1ccccc1. The molecule has 0 N–H and O–H groups in total. The van der Waals surface area contributed by atoms with E-state index in [0.717, 1.165) is 6.92 Å². The number of carboxylic acids is 1. The Balaban J connectivity index is 3.06. The number of alkyl halides is 1. The standard InChI is InChI=1S/C9H9FO2/c1-9(10,8(11)12)7-5-3-2-4-6-7/h2-6H,1H3,(H,11,12)/p-1. The van der Waals surface area contributed by atoms with Crippen LogP contribution in [0.3, 0.4) is 0 Å². The van der Waals surface area contributed by atoms with E-state index in [0.29, 0.717) is 0 Å². The lowest BCUT2D eigenvalue weighted by atomic mass is 9.98. The van der Waals surface area contributed by atoms with Gasteiger partial charge in [0.2, 0.25) is 0 Å². The minimum absolute atomic E-state index is 0.102. The Bertz CT molecular complexity index is 280. The molecule has 1 aromatic rings. The van der Waals surface area contributed by atoms with E-state index in [1.54, 1.807) is 18.2 Å². The molecule has 3 heteroatoms. The summed E-state index contributed by atoms with van der Waals surface area (Å²) in [6.07, 6.45) is 0. The molecule has 0 bridgehead atoms. The Morgan fingerprint density at radius 1 is 1.42 bits per heavy atom. The summed E-state index contributed by atoms with van der Waals surface area (Å²) < 4.78 is 13.3. The summed E-state index contributed by atoms with van der Waals surface area (Å²) in [5, 5.41) is 10.3. The van der Waals surface area contributed by atoms with Crippen molar-refractivity contribution in [2.24, 2.45) is 0 Å². The topological polar surface area (TPSA) is 40.1 Å². The van der Waals surface area contributed by atoms with Crippen molar-refractivity contribution in [3.63, 3.8) is 0 Å². The van der Waals surface area contributed by atoms with Gasteiger partial charge in [-0.25, -0.2) is 4.39 Å². The zero-order valence-corrected chi connectivity index (χ0v) is 6.58. The summed E-state index contributed by atoms with van der Waals surface area (Å²) in [6.45, 7) is 0.970. The lowest BCUT2D eigenvalue weighted by Crippen LogP contribution is -2.40. The van der Waals surface area contributed by atoms with Gasteiger partial charge in [-0.2, -0.15) is 0 Å². The smallest absolute Gasteiger partial charge is 0.172 e. The fraction of sp³-hybridized carbons (Fsp3) is 0.222. The van der Waals surface area contributed by atoms with Crippen LogP contribution < -0.4 is 5.11 Å². The van der Waals surface area contributed by atoms with Crippen molar-refractivity contribution in [2.45, 2.75) is 12.6 Å². The van der Waals surface area contributed by atoms with Gasteiger partial charge < -0.3 is 9.90 Å². The van der Waals surface area contributed by atoms with Gasteiger partial charge in [0.1, 0.15) is 0 Å². The molecule has 1 aromatic carbocycles. The van der Waals surface area contributed by atoms with Crippen molar-refractivity contribution in [3.05, 3.63) is 35.9 Å². The van der Waals surface area contributed by atoms with Crippen LogP contribution in [0.25, 0.3) is 0 Å². The molecular formula is C9H8FO2-. The molecule has 0 aliphatic heterocycles. The minimum Gasteiger partial charge on any atom is -0.546 e. The molecule has 1 unspecified atom stereocenters. The van der Waals surface area contributed by atoms with Gasteiger partial charge in [-0.05, 0) is 12.5 Å². The molecular weight excluding hydrogens is 159 g/mol. The number of hydrogen-bond acceptors (Lipinski definition) is 2. The van der Waals surface area contributed by atoms with E-state index in [9.17, 15) is 14.3 Å². The van der Waals surface area contributed by atoms with Crippen LogP contribution in [0.1, 0.15) is 12.5 Å². The van der Waals surface area contributed by atoms with Gasteiger partial charge in [-0.3, -0.25) is 0 Å².